The van der Waals surface area contributed by atoms with Crippen molar-refractivity contribution in [2.45, 2.75) is 52.1 Å². The van der Waals surface area contributed by atoms with Crippen LogP contribution in [0.2, 0.25) is 0 Å². The van der Waals surface area contributed by atoms with E-state index in [1.54, 1.807) is 0 Å². The van der Waals surface area contributed by atoms with Gasteiger partial charge in [0.05, 0.1) is 0 Å². The fraction of sp³-hybridized carbons (Fsp3) is 1.00. The van der Waals surface area contributed by atoms with E-state index >= 15 is 0 Å². The molecule has 0 amide bonds. The third-order valence-corrected chi connectivity index (χ3v) is 4.58. The molecule has 1 aliphatic carbocycles. The van der Waals surface area contributed by atoms with Crippen molar-refractivity contribution in [1.82, 2.24) is 15.1 Å². The molecule has 18 heavy (non-hydrogen) atoms. The summed E-state index contributed by atoms with van der Waals surface area (Å²) in [6.45, 7) is 14.4. The second-order valence-corrected chi connectivity index (χ2v) is 6.35. The van der Waals surface area contributed by atoms with Crippen LogP contribution in [-0.2, 0) is 0 Å². The first-order chi connectivity index (χ1) is 8.70. The van der Waals surface area contributed by atoms with Crippen LogP contribution in [0.1, 0.15) is 40.0 Å². The minimum atomic E-state index is 0.632. The summed E-state index contributed by atoms with van der Waals surface area (Å²) in [7, 11) is 0. The molecule has 0 aromatic rings. The van der Waals surface area contributed by atoms with Crippen molar-refractivity contribution in [3.8, 4) is 0 Å². The van der Waals surface area contributed by atoms with E-state index in [2.05, 4.69) is 35.9 Å². The third kappa shape index (κ3) is 3.69. The van der Waals surface area contributed by atoms with Gasteiger partial charge in [-0.2, -0.15) is 0 Å². The minimum absolute atomic E-state index is 0.632. The maximum Gasteiger partial charge on any atom is 0.0137 e. The molecule has 1 saturated carbocycles. The van der Waals surface area contributed by atoms with Crippen LogP contribution >= 0.6 is 0 Å². The normalized spacial score (nSPS) is 30.7. The first kappa shape index (κ1) is 14.3. The molecular weight excluding hydrogens is 222 g/mol. The number of hydrogen-bond donors (Lipinski definition) is 1. The SMILES string of the molecule is CCCN1CCN(C2CCC2CNC(C)C)CC1. The van der Waals surface area contributed by atoms with Crippen LogP contribution in [0, 0.1) is 5.92 Å². The molecule has 1 N–H and O–H groups in total. The zero-order valence-corrected chi connectivity index (χ0v) is 12.5. The van der Waals surface area contributed by atoms with Crippen molar-refractivity contribution in [1.29, 1.82) is 0 Å². The Bertz CT molecular complexity index is 234. The molecule has 1 aliphatic heterocycles. The van der Waals surface area contributed by atoms with E-state index in [4.69, 9.17) is 0 Å². The summed E-state index contributed by atoms with van der Waals surface area (Å²) in [4.78, 5) is 5.37. The van der Waals surface area contributed by atoms with Gasteiger partial charge < -0.3 is 10.2 Å². The number of nitrogens with zero attached hydrogens (tertiary/aromatic N) is 2. The maximum atomic E-state index is 3.61. The molecule has 0 spiro atoms. The van der Waals surface area contributed by atoms with Gasteiger partial charge in [0, 0.05) is 38.3 Å². The number of hydrogen-bond acceptors (Lipinski definition) is 3. The lowest BCUT2D eigenvalue weighted by Gasteiger charge is -2.48. The van der Waals surface area contributed by atoms with Gasteiger partial charge in [-0.1, -0.05) is 20.8 Å². The summed E-state index contributed by atoms with van der Waals surface area (Å²) >= 11 is 0. The summed E-state index contributed by atoms with van der Waals surface area (Å²) < 4.78 is 0. The standard InChI is InChI=1S/C15H31N3/c1-4-7-17-8-10-18(11-9-17)15-6-5-14(15)12-16-13(2)3/h13-16H,4-12H2,1-3H3. The Morgan fingerprint density at radius 2 is 1.83 bits per heavy atom. The van der Waals surface area contributed by atoms with Crippen molar-refractivity contribution in [3.63, 3.8) is 0 Å². The van der Waals surface area contributed by atoms with Gasteiger partial charge in [-0.05, 0) is 38.3 Å². The van der Waals surface area contributed by atoms with Gasteiger partial charge >= 0.3 is 0 Å². The molecule has 2 fully saturated rings. The van der Waals surface area contributed by atoms with Gasteiger partial charge in [-0.15, -0.1) is 0 Å². The Balaban J connectivity index is 1.69. The Morgan fingerprint density at radius 1 is 1.11 bits per heavy atom. The summed E-state index contributed by atoms with van der Waals surface area (Å²) in [5, 5.41) is 3.61. The van der Waals surface area contributed by atoms with Crippen molar-refractivity contribution in [2.24, 2.45) is 5.92 Å². The molecule has 2 atom stereocenters. The molecule has 0 aromatic carbocycles. The average molecular weight is 253 g/mol. The van der Waals surface area contributed by atoms with Crippen LogP contribution in [0.3, 0.4) is 0 Å². The molecular formula is C15H31N3. The monoisotopic (exact) mass is 253 g/mol. The fourth-order valence-electron chi connectivity index (χ4n) is 3.29. The Kier molecular flexibility index (Phi) is 5.46. The van der Waals surface area contributed by atoms with E-state index in [0.29, 0.717) is 6.04 Å². The third-order valence-electron chi connectivity index (χ3n) is 4.58. The second-order valence-electron chi connectivity index (χ2n) is 6.35. The molecule has 0 bridgehead atoms. The van der Waals surface area contributed by atoms with Crippen LogP contribution in [0.25, 0.3) is 0 Å². The van der Waals surface area contributed by atoms with Gasteiger partial charge in [-0.3, -0.25) is 4.90 Å². The predicted octanol–water partition coefficient (Wildman–Crippen LogP) is 1.79. The zero-order valence-electron chi connectivity index (χ0n) is 12.5. The largest absolute Gasteiger partial charge is 0.314 e. The maximum absolute atomic E-state index is 3.61. The summed E-state index contributed by atoms with van der Waals surface area (Å²) in [5.41, 5.74) is 0. The smallest absolute Gasteiger partial charge is 0.0137 e. The van der Waals surface area contributed by atoms with Gasteiger partial charge in [0.15, 0.2) is 0 Å². The molecule has 3 heteroatoms. The Morgan fingerprint density at radius 3 is 2.33 bits per heavy atom. The number of nitrogens with one attached hydrogen (secondary N) is 1. The van der Waals surface area contributed by atoms with E-state index in [1.807, 2.05) is 0 Å². The van der Waals surface area contributed by atoms with Crippen LogP contribution in [0.4, 0.5) is 0 Å². The van der Waals surface area contributed by atoms with E-state index in [-0.39, 0.29) is 0 Å². The van der Waals surface area contributed by atoms with Crippen LogP contribution < -0.4 is 5.32 Å². The molecule has 2 rings (SSSR count). The van der Waals surface area contributed by atoms with Gasteiger partial charge in [0.1, 0.15) is 0 Å². The molecule has 2 aliphatic rings. The van der Waals surface area contributed by atoms with Crippen LogP contribution in [-0.4, -0.2) is 61.2 Å². The summed E-state index contributed by atoms with van der Waals surface area (Å²) in [6, 6.07) is 1.51. The molecule has 0 radical (unpaired) electrons. The van der Waals surface area contributed by atoms with Crippen molar-refractivity contribution >= 4 is 0 Å². The molecule has 2 unspecified atom stereocenters. The Labute approximate surface area is 113 Å². The summed E-state index contributed by atoms with van der Waals surface area (Å²) in [5.74, 6) is 0.908. The molecule has 1 saturated heterocycles. The van der Waals surface area contributed by atoms with Crippen molar-refractivity contribution in [3.05, 3.63) is 0 Å². The van der Waals surface area contributed by atoms with Crippen molar-refractivity contribution < 1.29 is 0 Å². The average Bonchev–Trinajstić information content (AvgIpc) is 2.30. The van der Waals surface area contributed by atoms with Crippen LogP contribution in [0.15, 0.2) is 0 Å². The lowest BCUT2D eigenvalue weighted by Crippen LogP contribution is -2.57. The molecule has 106 valence electrons. The second kappa shape index (κ2) is 6.88. The van der Waals surface area contributed by atoms with Gasteiger partial charge in [0.2, 0.25) is 0 Å². The fourth-order valence-corrected chi connectivity index (χ4v) is 3.29. The van der Waals surface area contributed by atoms with Crippen molar-refractivity contribution in [2.75, 3.05) is 39.3 Å². The Hall–Kier alpha value is -0.120. The molecule has 3 nitrogen and oxygen atoms in total. The highest BCUT2D eigenvalue weighted by atomic mass is 15.3. The van der Waals surface area contributed by atoms with Gasteiger partial charge in [-0.25, -0.2) is 0 Å². The highest BCUT2D eigenvalue weighted by Gasteiger charge is 2.36. The molecule has 1 heterocycles. The topological polar surface area (TPSA) is 18.5 Å². The lowest BCUT2D eigenvalue weighted by atomic mass is 9.78. The summed E-state index contributed by atoms with van der Waals surface area (Å²) in [6.07, 6.45) is 4.15. The van der Waals surface area contributed by atoms with Gasteiger partial charge in [0.25, 0.3) is 0 Å². The highest BCUT2D eigenvalue weighted by molar-refractivity contribution is 4.92. The number of piperazine rings is 1. The van der Waals surface area contributed by atoms with E-state index in [1.165, 1.54) is 58.5 Å². The predicted molar refractivity (Wildman–Crippen MR) is 78.0 cm³/mol. The zero-order chi connectivity index (χ0) is 13.0. The number of rotatable bonds is 6. The van der Waals surface area contributed by atoms with E-state index in [0.717, 1.165) is 12.0 Å². The first-order valence-corrected chi connectivity index (χ1v) is 7.90. The highest BCUT2D eigenvalue weighted by Crippen LogP contribution is 2.32. The van der Waals surface area contributed by atoms with E-state index in [9.17, 15) is 0 Å². The van der Waals surface area contributed by atoms with E-state index < -0.39 is 0 Å². The minimum Gasteiger partial charge on any atom is -0.314 e. The van der Waals surface area contributed by atoms with Crippen LogP contribution in [0.5, 0.6) is 0 Å². The lowest BCUT2D eigenvalue weighted by molar-refractivity contribution is 0.0205. The quantitative estimate of drug-likeness (QED) is 0.778. The molecule has 0 aromatic heterocycles. The first-order valence-electron chi connectivity index (χ1n) is 7.90.